The van der Waals surface area contributed by atoms with Crippen molar-refractivity contribution in [3.63, 3.8) is 0 Å². The summed E-state index contributed by atoms with van der Waals surface area (Å²) in [6.07, 6.45) is 15.7. The lowest BCUT2D eigenvalue weighted by Gasteiger charge is -2.61. The lowest BCUT2D eigenvalue weighted by molar-refractivity contribution is -0.403. The Labute approximate surface area is 244 Å². The zero-order valence-corrected chi connectivity index (χ0v) is 26.6. The normalized spacial score (nSPS) is 51.1. The molecule has 0 radical (unpaired) electrons. The molecule has 0 aromatic rings. The first-order chi connectivity index (χ1) is 19.0. The van der Waals surface area contributed by atoms with Crippen molar-refractivity contribution in [3.8, 4) is 0 Å². The first kappa shape index (κ1) is 29.4. The molecule has 0 aromatic carbocycles. The average molecular weight is 559 g/mol. The molecule has 6 rings (SSSR count). The third-order valence-electron chi connectivity index (χ3n) is 13.2. The molecule has 4 saturated carbocycles. The summed E-state index contributed by atoms with van der Waals surface area (Å²) in [6.45, 7) is 16.5. The van der Waals surface area contributed by atoms with Crippen LogP contribution in [0.4, 0.5) is 0 Å². The largest absolute Gasteiger partial charge is 0.462 e. The van der Waals surface area contributed by atoms with E-state index in [-0.39, 0.29) is 35.3 Å². The number of carbonyl (C=O) groups excluding carboxylic acids is 1. The van der Waals surface area contributed by atoms with Crippen molar-refractivity contribution in [1.82, 2.24) is 0 Å². The smallest absolute Gasteiger partial charge is 0.306 e. The Morgan fingerprint density at radius 2 is 1.70 bits per heavy atom. The van der Waals surface area contributed by atoms with Gasteiger partial charge < -0.3 is 18.9 Å². The molecular formula is C35H58O5. The minimum Gasteiger partial charge on any atom is -0.462 e. The Hall–Kier alpha value is -0.650. The van der Waals surface area contributed by atoms with Crippen LogP contribution in [0.2, 0.25) is 0 Å². The molecule has 228 valence electrons. The van der Waals surface area contributed by atoms with E-state index in [4.69, 9.17) is 18.9 Å². The highest BCUT2D eigenvalue weighted by Crippen LogP contribution is 2.72. The molecule has 0 amide bonds. The van der Waals surface area contributed by atoms with Gasteiger partial charge in [0.05, 0.1) is 12.2 Å². The fourth-order valence-corrected chi connectivity index (χ4v) is 11.5. The molecular weight excluding hydrogens is 500 g/mol. The summed E-state index contributed by atoms with van der Waals surface area (Å²) in [5.41, 5.74) is 0.335. The molecule has 2 saturated heterocycles. The van der Waals surface area contributed by atoms with Crippen LogP contribution in [0.25, 0.3) is 0 Å². The van der Waals surface area contributed by atoms with E-state index in [1.165, 1.54) is 44.9 Å². The van der Waals surface area contributed by atoms with Crippen molar-refractivity contribution >= 4 is 5.97 Å². The van der Waals surface area contributed by atoms with Crippen molar-refractivity contribution in [3.05, 3.63) is 0 Å². The lowest BCUT2D eigenvalue weighted by Crippen LogP contribution is -2.60. The minimum absolute atomic E-state index is 0.00770. The molecule has 0 N–H and O–H groups in total. The van der Waals surface area contributed by atoms with Gasteiger partial charge in [0.1, 0.15) is 11.7 Å². The minimum atomic E-state index is -0.840. The number of carbonyl (C=O) groups is 1. The monoisotopic (exact) mass is 558 g/mol. The zero-order chi connectivity index (χ0) is 28.5. The molecule has 5 nitrogen and oxygen atoms in total. The van der Waals surface area contributed by atoms with E-state index in [0.717, 1.165) is 50.4 Å². The highest BCUT2D eigenvalue weighted by Gasteiger charge is 2.74. The third kappa shape index (κ3) is 4.53. The van der Waals surface area contributed by atoms with E-state index in [9.17, 15) is 4.79 Å². The molecule has 0 aromatic heterocycles. The molecule has 4 aliphatic carbocycles. The van der Waals surface area contributed by atoms with Crippen LogP contribution in [0.3, 0.4) is 0 Å². The molecule has 40 heavy (non-hydrogen) atoms. The average Bonchev–Trinajstić information content (AvgIpc) is 3.31. The van der Waals surface area contributed by atoms with Crippen LogP contribution in [0, 0.1) is 46.3 Å². The second-order valence-electron chi connectivity index (χ2n) is 16.0. The standard InChI is InChI=1S/C35H58O5/c1-8-10-30(36)37-24-15-18-32(5)23(20-24)12-13-25-26(32)16-19-33(6)27(25)21-28-31(33)34(7)29(14-11-22(3)4)39-35(38-28,40-34)17-9-2/h22-29,31H,8-21H2,1-7H3/t23-,24-,25+,26-,27-,28-,29+,31-,32-,33-,34-,35-/m0/s1. The number of hydrogen-bond acceptors (Lipinski definition) is 5. The lowest BCUT2D eigenvalue weighted by atomic mass is 9.44. The first-order valence-corrected chi connectivity index (χ1v) is 17.2. The molecule has 12 atom stereocenters. The topological polar surface area (TPSA) is 54.0 Å². The van der Waals surface area contributed by atoms with Crippen LogP contribution < -0.4 is 0 Å². The second-order valence-corrected chi connectivity index (χ2v) is 16.0. The predicted molar refractivity (Wildman–Crippen MR) is 156 cm³/mol. The van der Waals surface area contributed by atoms with Gasteiger partial charge in [-0.1, -0.05) is 41.5 Å². The van der Waals surface area contributed by atoms with Crippen molar-refractivity contribution in [2.45, 2.75) is 168 Å². The maximum Gasteiger partial charge on any atom is 0.306 e. The van der Waals surface area contributed by atoms with Gasteiger partial charge in [-0.05, 0) is 124 Å². The summed E-state index contributed by atoms with van der Waals surface area (Å²) in [6, 6.07) is 0. The van der Waals surface area contributed by atoms with Gasteiger partial charge in [-0.25, -0.2) is 0 Å². The second kappa shape index (κ2) is 10.5. The Morgan fingerprint density at radius 3 is 2.42 bits per heavy atom. The van der Waals surface area contributed by atoms with Gasteiger partial charge in [-0.2, -0.15) is 0 Å². The zero-order valence-electron chi connectivity index (χ0n) is 26.6. The van der Waals surface area contributed by atoms with E-state index < -0.39 is 5.97 Å². The van der Waals surface area contributed by atoms with Gasteiger partial charge in [0.2, 0.25) is 0 Å². The number of rotatable bonds is 8. The Kier molecular flexibility index (Phi) is 7.73. The van der Waals surface area contributed by atoms with Crippen molar-refractivity contribution in [1.29, 1.82) is 0 Å². The fourth-order valence-electron chi connectivity index (χ4n) is 11.5. The van der Waals surface area contributed by atoms with Crippen LogP contribution in [0.15, 0.2) is 0 Å². The summed E-state index contributed by atoms with van der Waals surface area (Å²) in [5.74, 6) is 3.16. The van der Waals surface area contributed by atoms with Gasteiger partial charge in [-0.15, -0.1) is 0 Å². The Bertz CT molecular complexity index is 950. The van der Waals surface area contributed by atoms with Crippen LogP contribution in [-0.2, 0) is 23.7 Å². The SMILES string of the molecule is CCCC(=O)O[C@H]1CC[C@@]2(C)[C@@H](CC[C@@H]3[C@@H]2CC[C@@]2(C)[C@H]3C[C@@H]3O[C@@]4(CCC)O[C@H](CCC(C)C)[C@](C)(O4)[C@@H]32)C1. The van der Waals surface area contributed by atoms with E-state index >= 15 is 0 Å². The predicted octanol–water partition coefficient (Wildman–Crippen LogP) is 8.43. The summed E-state index contributed by atoms with van der Waals surface area (Å²) in [4.78, 5) is 12.3. The third-order valence-corrected chi connectivity index (χ3v) is 13.2. The molecule has 2 aliphatic heterocycles. The summed E-state index contributed by atoms with van der Waals surface area (Å²) >= 11 is 0. The van der Waals surface area contributed by atoms with E-state index in [2.05, 4.69) is 48.5 Å². The van der Waals surface area contributed by atoms with E-state index in [0.29, 0.717) is 35.5 Å². The van der Waals surface area contributed by atoms with Crippen molar-refractivity contribution in [2.24, 2.45) is 46.3 Å². The maximum absolute atomic E-state index is 12.3. The van der Waals surface area contributed by atoms with Gasteiger partial charge in [0.25, 0.3) is 5.97 Å². The van der Waals surface area contributed by atoms with Gasteiger partial charge >= 0.3 is 5.97 Å². The summed E-state index contributed by atoms with van der Waals surface area (Å²) in [7, 11) is 0. The van der Waals surface area contributed by atoms with Crippen molar-refractivity contribution < 1.29 is 23.7 Å². The Morgan fingerprint density at radius 1 is 0.925 bits per heavy atom. The van der Waals surface area contributed by atoms with Crippen LogP contribution in [0.1, 0.15) is 138 Å². The molecule has 6 aliphatic rings. The number of esters is 1. The van der Waals surface area contributed by atoms with Crippen LogP contribution in [0.5, 0.6) is 0 Å². The van der Waals surface area contributed by atoms with Crippen molar-refractivity contribution in [2.75, 3.05) is 0 Å². The molecule has 6 fully saturated rings. The highest BCUT2D eigenvalue weighted by molar-refractivity contribution is 5.69. The summed E-state index contributed by atoms with van der Waals surface area (Å²) < 4.78 is 26.7. The quantitative estimate of drug-likeness (QED) is 0.280. The number of ether oxygens (including phenoxy) is 4. The summed E-state index contributed by atoms with van der Waals surface area (Å²) in [5, 5.41) is 0. The number of hydrogen-bond donors (Lipinski definition) is 0. The molecule has 0 spiro atoms. The Balaban J connectivity index is 1.23. The maximum atomic E-state index is 12.3. The number of fused-ring (bicyclic) bond motifs is 10. The van der Waals surface area contributed by atoms with Crippen LogP contribution in [-0.4, -0.2) is 35.9 Å². The van der Waals surface area contributed by atoms with E-state index in [1.54, 1.807) is 0 Å². The van der Waals surface area contributed by atoms with Gasteiger partial charge in [0, 0.05) is 18.8 Å². The molecule has 5 heteroatoms. The molecule has 0 unspecified atom stereocenters. The van der Waals surface area contributed by atoms with E-state index in [1.807, 2.05) is 0 Å². The molecule has 2 heterocycles. The first-order valence-electron chi connectivity index (χ1n) is 17.2. The van der Waals surface area contributed by atoms with Crippen LogP contribution >= 0.6 is 0 Å². The van der Waals surface area contributed by atoms with Gasteiger partial charge in [-0.3, -0.25) is 4.79 Å². The van der Waals surface area contributed by atoms with Gasteiger partial charge in [0.15, 0.2) is 0 Å². The fraction of sp³-hybridized carbons (Fsp3) is 0.971. The highest BCUT2D eigenvalue weighted by atomic mass is 16.9. The molecule has 2 bridgehead atoms.